The van der Waals surface area contributed by atoms with Crippen LogP contribution < -0.4 is 5.11 Å². The zero-order valence-electron chi connectivity index (χ0n) is 9.92. The van der Waals surface area contributed by atoms with E-state index in [4.69, 9.17) is 0 Å². The van der Waals surface area contributed by atoms with Crippen LogP contribution in [0.2, 0.25) is 0 Å². The molecule has 0 amide bonds. The van der Waals surface area contributed by atoms with Crippen LogP contribution in [0.4, 0.5) is 20.2 Å². The van der Waals surface area contributed by atoms with Crippen LogP contribution in [-0.4, -0.2) is 11.1 Å². The Morgan fingerprint density at radius 3 is 2.55 bits per heavy atom. The summed E-state index contributed by atoms with van der Waals surface area (Å²) in [4.78, 5) is 13.6. The summed E-state index contributed by atoms with van der Waals surface area (Å²) in [6.07, 6.45) is 1.01. The van der Waals surface area contributed by atoms with Gasteiger partial charge in [-0.1, -0.05) is 11.8 Å². The predicted octanol–water partition coefficient (Wildman–Crippen LogP) is 2.70. The van der Waals surface area contributed by atoms with Crippen molar-refractivity contribution in [2.24, 2.45) is 4.99 Å². The summed E-state index contributed by atoms with van der Waals surface area (Å²) >= 11 is 0. The van der Waals surface area contributed by atoms with Gasteiger partial charge < -0.3 is 5.11 Å². The van der Waals surface area contributed by atoms with Crippen LogP contribution in [0, 0.1) is 21.7 Å². The number of aliphatic imine (C=N–C) groups is 1. The molecule has 0 spiro atoms. The molecule has 2 rings (SSSR count). The highest BCUT2D eigenvalue weighted by Gasteiger charge is 2.06. The molecule has 0 aliphatic carbocycles. The third-order valence-electron chi connectivity index (χ3n) is 2.46. The minimum absolute atomic E-state index is 0.0528. The second-order valence-electron chi connectivity index (χ2n) is 3.83. The average Bonchev–Trinajstić information content (AvgIpc) is 2.39. The van der Waals surface area contributed by atoms with E-state index in [1.807, 2.05) is 0 Å². The number of hydrogen-bond donors (Lipinski definition) is 0. The lowest BCUT2D eigenvalue weighted by molar-refractivity contribution is -0.385. The van der Waals surface area contributed by atoms with Crippen LogP contribution in [0.5, 0.6) is 5.75 Å². The quantitative estimate of drug-likeness (QED) is 0.491. The van der Waals surface area contributed by atoms with E-state index >= 15 is 0 Å². The maximum atomic E-state index is 13.3. The van der Waals surface area contributed by atoms with Gasteiger partial charge in [0.2, 0.25) is 0 Å². The zero-order chi connectivity index (χ0) is 14.7. The van der Waals surface area contributed by atoms with Gasteiger partial charge in [-0.25, -0.2) is 8.78 Å². The first-order valence-electron chi connectivity index (χ1n) is 5.42. The third kappa shape index (κ3) is 2.94. The van der Waals surface area contributed by atoms with Crippen molar-refractivity contribution in [1.29, 1.82) is 0 Å². The summed E-state index contributed by atoms with van der Waals surface area (Å²) < 4.78 is 26.0. The second kappa shape index (κ2) is 5.43. The molecule has 0 N–H and O–H groups in total. The van der Waals surface area contributed by atoms with E-state index in [2.05, 4.69) is 4.99 Å². The van der Waals surface area contributed by atoms with E-state index in [0.717, 1.165) is 36.5 Å². The highest BCUT2D eigenvalue weighted by Crippen LogP contribution is 2.22. The molecular weight excluding hydrogens is 270 g/mol. The largest absolute Gasteiger partial charge is 0.872 e. The average molecular weight is 277 g/mol. The topological polar surface area (TPSA) is 78.6 Å². The Bertz CT molecular complexity index is 702. The monoisotopic (exact) mass is 277 g/mol. The summed E-state index contributed by atoms with van der Waals surface area (Å²) in [6.45, 7) is 0. The molecule has 0 radical (unpaired) electrons. The molecule has 0 bridgehead atoms. The van der Waals surface area contributed by atoms with E-state index in [0.29, 0.717) is 6.07 Å². The van der Waals surface area contributed by atoms with Gasteiger partial charge in [0.15, 0.2) is 5.82 Å². The zero-order valence-corrected chi connectivity index (χ0v) is 9.92. The summed E-state index contributed by atoms with van der Waals surface area (Å²) in [5, 5.41) is 22.1. The van der Waals surface area contributed by atoms with Gasteiger partial charge in [-0.15, -0.1) is 0 Å². The molecule has 20 heavy (non-hydrogen) atoms. The summed E-state index contributed by atoms with van der Waals surface area (Å²) in [6, 6.07) is 5.90. The molecule has 2 aromatic carbocycles. The molecule has 102 valence electrons. The van der Waals surface area contributed by atoms with Crippen molar-refractivity contribution < 1.29 is 18.8 Å². The molecule has 0 aliphatic heterocycles. The van der Waals surface area contributed by atoms with Gasteiger partial charge in [-0.3, -0.25) is 15.1 Å². The SMILES string of the molecule is O=[N+]([O-])c1ccc([O-])c(C=Nc2ccc(F)cc2F)c1. The van der Waals surface area contributed by atoms with Crippen molar-refractivity contribution in [1.82, 2.24) is 0 Å². The van der Waals surface area contributed by atoms with Crippen molar-refractivity contribution in [3.8, 4) is 5.75 Å². The van der Waals surface area contributed by atoms with E-state index in [1.54, 1.807) is 0 Å². The Balaban J connectivity index is 2.35. The molecule has 0 heterocycles. The Hall–Kier alpha value is -2.83. The summed E-state index contributed by atoms with van der Waals surface area (Å²) in [5.41, 5.74) is -0.495. The highest BCUT2D eigenvalue weighted by molar-refractivity contribution is 5.86. The minimum atomic E-state index is -0.890. The first kappa shape index (κ1) is 13.6. The smallest absolute Gasteiger partial charge is 0.270 e. The molecule has 0 fully saturated rings. The van der Waals surface area contributed by atoms with Crippen molar-refractivity contribution >= 4 is 17.6 Å². The van der Waals surface area contributed by atoms with Gasteiger partial charge in [0, 0.05) is 24.4 Å². The lowest BCUT2D eigenvalue weighted by Gasteiger charge is -2.08. The molecule has 0 aromatic heterocycles. The number of hydrogen-bond acceptors (Lipinski definition) is 4. The molecular formula is C13H7F2N2O3-. The lowest BCUT2D eigenvalue weighted by atomic mass is 10.2. The van der Waals surface area contributed by atoms with Crippen LogP contribution in [0.15, 0.2) is 41.4 Å². The van der Waals surface area contributed by atoms with Gasteiger partial charge >= 0.3 is 0 Å². The van der Waals surface area contributed by atoms with Crippen molar-refractivity contribution in [2.75, 3.05) is 0 Å². The fourth-order valence-electron chi connectivity index (χ4n) is 1.48. The van der Waals surface area contributed by atoms with E-state index in [1.165, 1.54) is 0 Å². The fraction of sp³-hybridized carbons (Fsp3) is 0. The molecule has 7 heteroatoms. The Kier molecular flexibility index (Phi) is 3.69. The fourth-order valence-corrected chi connectivity index (χ4v) is 1.48. The molecule has 0 atom stereocenters. The maximum Gasteiger partial charge on any atom is 0.270 e. The predicted molar refractivity (Wildman–Crippen MR) is 66.2 cm³/mol. The van der Waals surface area contributed by atoms with Crippen LogP contribution >= 0.6 is 0 Å². The van der Waals surface area contributed by atoms with E-state index in [9.17, 15) is 24.0 Å². The van der Waals surface area contributed by atoms with Crippen LogP contribution in [-0.2, 0) is 0 Å². The number of non-ortho nitro benzene ring substituents is 1. The van der Waals surface area contributed by atoms with Gasteiger partial charge in [0.1, 0.15) is 5.82 Å². The van der Waals surface area contributed by atoms with Crippen LogP contribution in [0.1, 0.15) is 5.56 Å². The van der Waals surface area contributed by atoms with Gasteiger partial charge in [-0.05, 0) is 17.7 Å². The number of nitro groups is 1. The number of rotatable bonds is 3. The molecule has 2 aromatic rings. The van der Waals surface area contributed by atoms with Crippen molar-refractivity contribution in [3.63, 3.8) is 0 Å². The van der Waals surface area contributed by atoms with Crippen molar-refractivity contribution in [2.45, 2.75) is 0 Å². The number of halogens is 2. The number of benzene rings is 2. The Morgan fingerprint density at radius 1 is 1.15 bits per heavy atom. The first-order chi connectivity index (χ1) is 9.47. The molecule has 0 saturated heterocycles. The van der Waals surface area contributed by atoms with Crippen molar-refractivity contribution in [3.05, 3.63) is 63.7 Å². The normalized spacial score (nSPS) is 10.9. The Morgan fingerprint density at radius 2 is 1.90 bits per heavy atom. The van der Waals surface area contributed by atoms with Gasteiger partial charge in [0.25, 0.3) is 5.69 Å². The summed E-state index contributed by atoms with van der Waals surface area (Å²) in [5.74, 6) is -2.12. The van der Waals surface area contributed by atoms with Crippen LogP contribution in [0.25, 0.3) is 0 Å². The van der Waals surface area contributed by atoms with Gasteiger partial charge in [0.05, 0.1) is 10.6 Å². The third-order valence-corrected chi connectivity index (χ3v) is 2.46. The lowest BCUT2D eigenvalue weighted by Crippen LogP contribution is -1.98. The maximum absolute atomic E-state index is 13.3. The summed E-state index contributed by atoms with van der Waals surface area (Å²) in [7, 11) is 0. The molecule has 5 nitrogen and oxygen atoms in total. The molecule has 0 saturated carbocycles. The number of nitrogens with zero attached hydrogens (tertiary/aromatic N) is 2. The Labute approximate surface area is 112 Å². The van der Waals surface area contributed by atoms with Gasteiger partial charge in [-0.2, -0.15) is 0 Å². The first-order valence-corrected chi connectivity index (χ1v) is 5.42. The highest BCUT2D eigenvalue weighted by atomic mass is 19.1. The number of nitro benzene ring substituents is 1. The van der Waals surface area contributed by atoms with E-state index < -0.39 is 22.3 Å². The minimum Gasteiger partial charge on any atom is -0.872 e. The second-order valence-corrected chi connectivity index (χ2v) is 3.83. The standard InChI is InChI=1S/C13H8F2N2O3/c14-9-1-3-12(11(15)6-9)16-7-8-5-10(17(19)20)2-4-13(8)18/h1-7,18H/p-1. The van der Waals surface area contributed by atoms with Crippen LogP contribution in [0.3, 0.4) is 0 Å². The molecule has 0 unspecified atom stereocenters. The molecule has 0 aliphatic rings. The van der Waals surface area contributed by atoms with E-state index in [-0.39, 0.29) is 16.9 Å².